The number of nitrogens with one attached hydrogen (secondary N) is 1. The normalized spacial score (nSPS) is 15.3. The molecule has 4 nitrogen and oxygen atoms in total. The highest BCUT2D eigenvalue weighted by Crippen LogP contribution is 2.33. The Kier molecular flexibility index (Phi) is 6.33. The number of aryl methyl sites for hydroxylation is 2. The molecular weight excluding hydrogens is 314 g/mol. The molecule has 3 rings (SSSR count). The molecule has 23 heavy (non-hydrogen) atoms. The van der Waals surface area contributed by atoms with Crippen molar-refractivity contribution in [3.05, 3.63) is 29.5 Å². The van der Waals surface area contributed by atoms with Gasteiger partial charge in [-0.15, -0.1) is 12.4 Å². The Hall–Kier alpha value is -1.23. The summed E-state index contributed by atoms with van der Waals surface area (Å²) in [4.78, 5) is 0. The number of fused-ring (bicyclic) bond motifs is 3. The van der Waals surface area contributed by atoms with Crippen molar-refractivity contribution < 1.29 is 14.3 Å². The van der Waals surface area contributed by atoms with Crippen LogP contribution in [0, 0.1) is 0 Å². The third kappa shape index (κ3) is 4.40. The van der Waals surface area contributed by atoms with Crippen LogP contribution in [0.15, 0.2) is 22.6 Å². The number of furan rings is 1. The largest absolute Gasteiger partial charge is 0.491 e. The van der Waals surface area contributed by atoms with E-state index in [1.54, 1.807) is 0 Å². The molecule has 1 heterocycles. The molecule has 1 aliphatic rings. The third-order valence-electron chi connectivity index (χ3n) is 4.13. The minimum Gasteiger partial charge on any atom is -0.491 e. The fraction of sp³-hybridized carbons (Fsp3) is 0.556. The SMILES string of the molecule is CC(C)NCC(O)COc1ccc2oc3c(c2c1)CCCC3.Cl. The van der Waals surface area contributed by atoms with E-state index in [1.807, 2.05) is 18.2 Å². The predicted octanol–water partition coefficient (Wildman–Crippen LogP) is 3.47. The number of ether oxygens (including phenoxy) is 1. The maximum Gasteiger partial charge on any atom is 0.134 e. The van der Waals surface area contributed by atoms with E-state index >= 15 is 0 Å². The summed E-state index contributed by atoms with van der Waals surface area (Å²) in [7, 11) is 0. The summed E-state index contributed by atoms with van der Waals surface area (Å²) < 4.78 is 11.7. The molecule has 0 aliphatic heterocycles. The number of hydrogen-bond acceptors (Lipinski definition) is 4. The first kappa shape index (κ1) is 18.1. The first-order valence-electron chi connectivity index (χ1n) is 8.22. The van der Waals surface area contributed by atoms with Gasteiger partial charge in [0.2, 0.25) is 0 Å². The highest BCUT2D eigenvalue weighted by Gasteiger charge is 2.18. The van der Waals surface area contributed by atoms with Gasteiger partial charge in [-0.2, -0.15) is 0 Å². The molecular formula is C18H26ClNO3. The van der Waals surface area contributed by atoms with Crippen molar-refractivity contribution in [2.45, 2.75) is 51.7 Å². The smallest absolute Gasteiger partial charge is 0.134 e. The fourth-order valence-electron chi connectivity index (χ4n) is 2.95. The van der Waals surface area contributed by atoms with Crippen LogP contribution in [0.2, 0.25) is 0 Å². The van der Waals surface area contributed by atoms with Crippen LogP contribution in [-0.2, 0) is 12.8 Å². The second-order valence-electron chi connectivity index (χ2n) is 6.40. The van der Waals surface area contributed by atoms with Gasteiger partial charge in [-0.3, -0.25) is 0 Å². The van der Waals surface area contributed by atoms with Crippen LogP contribution in [0.1, 0.15) is 38.0 Å². The quantitative estimate of drug-likeness (QED) is 0.846. The molecule has 128 valence electrons. The Bertz CT molecular complexity index is 638. The molecule has 1 aliphatic carbocycles. The maximum atomic E-state index is 9.92. The maximum absolute atomic E-state index is 9.92. The van der Waals surface area contributed by atoms with Gasteiger partial charge in [0.05, 0.1) is 0 Å². The van der Waals surface area contributed by atoms with Crippen LogP contribution in [0.25, 0.3) is 11.0 Å². The van der Waals surface area contributed by atoms with Gasteiger partial charge < -0.3 is 19.6 Å². The summed E-state index contributed by atoms with van der Waals surface area (Å²) in [6.07, 6.45) is 4.07. The third-order valence-corrected chi connectivity index (χ3v) is 4.13. The number of halogens is 1. The Morgan fingerprint density at radius 1 is 1.26 bits per heavy atom. The highest BCUT2D eigenvalue weighted by molar-refractivity contribution is 5.85. The molecule has 0 spiro atoms. The van der Waals surface area contributed by atoms with Crippen molar-refractivity contribution in [2.24, 2.45) is 0 Å². The minimum absolute atomic E-state index is 0. The molecule has 0 saturated carbocycles. The molecule has 5 heteroatoms. The molecule has 1 aromatic heterocycles. The standard InChI is InChI=1S/C18H25NO3.ClH/c1-12(2)19-10-13(20)11-21-14-7-8-18-16(9-14)15-5-3-4-6-17(15)22-18;/h7-9,12-13,19-20H,3-6,10-11H2,1-2H3;1H. The first-order chi connectivity index (χ1) is 10.6. The van der Waals surface area contributed by atoms with Gasteiger partial charge in [-0.05, 0) is 37.5 Å². The average molecular weight is 340 g/mol. The number of rotatable bonds is 6. The Labute approximate surface area is 143 Å². The molecule has 0 amide bonds. The van der Waals surface area contributed by atoms with Gasteiger partial charge >= 0.3 is 0 Å². The van der Waals surface area contributed by atoms with Crippen molar-refractivity contribution in [3.8, 4) is 5.75 Å². The topological polar surface area (TPSA) is 54.6 Å². The van der Waals surface area contributed by atoms with Gasteiger partial charge in [0.15, 0.2) is 0 Å². The Morgan fingerprint density at radius 2 is 2.04 bits per heavy atom. The summed E-state index contributed by atoms with van der Waals surface area (Å²) in [5.41, 5.74) is 2.29. The molecule has 1 unspecified atom stereocenters. The molecule has 1 aromatic carbocycles. The van der Waals surface area contributed by atoms with Crippen LogP contribution in [0.4, 0.5) is 0 Å². The Balaban J connectivity index is 0.00000192. The Morgan fingerprint density at radius 3 is 2.83 bits per heavy atom. The summed E-state index contributed by atoms with van der Waals surface area (Å²) >= 11 is 0. The van der Waals surface area contributed by atoms with E-state index in [0.29, 0.717) is 19.2 Å². The minimum atomic E-state index is -0.503. The lowest BCUT2D eigenvalue weighted by atomic mass is 9.96. The van der Waals surface area contributed by atoms with Crippen LogP contribution in [0.3, 0.4) is 0 Å². The van der Waals surface area contributed by atoms with E-state index in [-0.39, 0.29) is 12.4 Å². The second-order valence-corrected chi connectivity index (χ2v) is 6.40. The van der Waals surface area contributed by atoms with E-state index in [9.17, 15) is 5.11 Å². The zero-order valence-corrected chi connectivity index (χ0v) is 14.6. The molecule has 0 fully saturated rings. The van der Waals surface area contributed by atoms with E-state index < -0.39 is 6.10 Å². The van der Waals surface area contributed by atoms with Gasteiger partial charge in [-0.1, -0.05) is 13.8 Å². The van der Waals surface area contributed by atoms with Gasteiger partial charge in [-0.25, -0.2) is 0 Å². The lowest BCUT2D eigenvalue weighted by Gasteiger charge is -2.15. The number of aliphatic hydroxyl groups excluding tert-OH is 1. The van der Waals surface area contributed by atoms with Crippen molar-refractivity contribution in [3.63, 3.8) is 0 Å². The van der Waals surface area contributed by atoms with Gasteiger partial charge in [0, 0.05) is 30.0 Å². The fourth-order valence-corrected chi connectivity index (χ4v) is 2.95. The molecule has 0 bridgehead atoms. The number of benzene rings is 1. The molecule has 0 radical (unpaired) electrons. The van der Waals surface area contributed by atoms with Gasteiger partial charge in [0.1, 0.15) is 29.8 Å². The number of aliphatic hydroxyl groups is 1. The molecule has 2 N–H and O–H groups in total. The zero-order valence-electron chi connectivity index (χ0n) is 13.8. The zero-order chi connectivity index (χ0) is 15.5. The summed E-state index contributed by atoms with van der Waals surface area (Å²) in [6, 6.07) is 6.30. The van der Waals surface area contributed by atoms with Crippen molar-refractivity contribution in [2.75, 3.05) is 13.2 Å². The van der Waals surface area contributed by atoms with Gasteiger partial charge in [0.25, 0.3) is 0 Å². The summed E-state index contributed by atoms with van der Waals surface area (Å²) in [6.45, 7) is 4.96. The average Bonchev–Trinajstić information content (AvgIpc) is 2.89. The van der Waals surface area contributed by atoms with E-state index in [1.165, 1.54) is 23.8 Å². The lowest BCUT2D eigenvalue weighted by molar-refractivity contribution is 0.105. The van der Waals surface area contributed by atoms with E-state index in [0.717, 1.165) is 29.9 Å². The van der Waals surface area contributed by atoms with Crippen molar-refractivity contribution in [1.82, 2.24) is 5.32 Å². The number of hydrogen-bond donors (Lipinski definition) is 2. The van der Waals surface area contributed by atoms with Crippen LogP contribution >= 0.6 is 12.4 Å². The van der Waals surface area contributed by atoms with E-state index in [2.05, 4.69) is 19.2 Å². The molecule has 0 saturated heterocycles. The second kappa shape index (κ2) is 8.04. The highest BCUT2D eigenvalue weighted by atomic mass is 35.5. The van der Waals surface area contributed by atoms with Crippen molar-refractivity contribution in [1.29, 1.82) is 0 Å². The van der Waals surface area contributed by atoms with Crippen LogP contribution in [-0.4, -0.2) is 30.4 Å². The van der Waals surface area contributed by atoms with Crippen LogP contribution in [0.5, 0.6) is 5.75 Å². The van der Waals surface area contributed by atoms with Crippen LogP contribution < -0.4 is 10.1 Å². The first-order valence-corrected chi connectivity index (χ1v) is 8.22. The molecule has 1 atom stereocenters. The summed E-state index contributed by atoms with van der Waals surface area (Å²) in [5.74, 6) is 1.94. The molecule has 2 aromatic rings. The summed E-state index contributed by atoms with van der Waals surface area (Å²) in [5, 5.41) is 14.3. The van der Waals surface area contributed by atoms with E-state index in [4.69, 9.17) is 9.15 Å². The lowest BCUT2D eigenvalue weighted by Crippen LogP contribution is -2.35. The van der Waals surface area contributed by atoms with Crippen molar-refractivity contribution >= 4 is 23.4 Å². The predicted molar refractivity (Wildman–Crippen MR) is 94.7 cm³/mol. The monoisotopic (exact) mass is 339 g/mol.